The summed E-state index contributed by atoms with van der Waals surface area (Å²) in [6.07, 6.45) is 0. The summed E-state index contributed by atoms with van der Waals surface area (Å²) in [4.78, 5) is 16.2. The molecule has 2 aromatic carbocycles. The summed E-state index contributed by atoms with van der Waals surface area (Å²) in [5.41, 5.74) is 0.235. The highest BCUT2D eigenvalue weighted by Gasteiger charge is 2.29. The monoisotopic (exact) mass is 488 g/mol. The van der Waals surface area contributed by atoms with Gasteiger partial charge in [0.05, 0.1) is 20.5 Å². The number of carboxylic acids is 1. The first-order chi connectivity index (χ1) is 14.1. The number of thiazole rings is 1. The minimum absolute atomic E-state index is 0.0571. The van der Waals surface area contributed by atoms with E-state index >= 15 is 0 Å². The number of carboxylic acid groups (broad SMARTS) is 1. The molecule has 11 heteroatoms. The van der Waals surface area contributed by atoms with Crippen LogP contribution in [0.25, 0.3) is 10.6 Å². The van der Waals surface area contributed by atoms with Gasteiger partial charge >= 0.3 is 5.97 Å². The van der Waals surface area contributed by atoms with Crippen molar-refractivity contribution < 1.29 is 22.7 Å². The third kappa shape index (κ3) is 4.15. The van der Waals surface area contributed by atoms with Gasteiger partial charge < -0.3 is 5.11 Å². The fourth-order valence-corrected chi connectivity index (χ4v) is 5.62. The highest BCUT2D eigenvalue weighted by Crippen LogP contribution is 2.36. The number of benzene rings is 2. The van der Waals surface area contributed by atoms with Gasteiger partial charge in [-0.25, -0.2) is 26.9 Å². The summed E-state index contributed by atoms with van der Waals surface area (Å²) < 4.78 is 41.0. The van der Waals surface area contributed by atoms with Crippen molar-refractivity contribution in [2.75, 3.05) is 10.8 Å². The van der Waals surface area contributed by atoms with E-state index in [2.05, 4.69) is 4.98 Å². The molecule has 3 rings (SSSR count). The van der Waals surface area contributed by atoms with E-state index in [0.717, 1.165) is 10.4 Å². The second-order valence-corrected chi connectivity index (χ2v) is 10.0. The van der Waals surface area contributed by atoms with Gasteiger partial charge in [-0.3, -0.25) is 0 Å². The quantitative estimate of drug-likeness (QED) is 0.496. The van der Waals surface area contributed by atoms with Crippen molar-refractivity contribution in [1.82, 2.24) is 4.98 Å². The van der Waals surface area contributed by atoms with Gasteiger partial charge in [-0.15, -0.1) is 11.3 Å². The van der Waals surface area contributed by atoms with Crippen LogP contribution in [-0.4, -0.2) is 31.0 Å². The Bertz CT molecular complexity index is 1250. The number of anilines is 1. The molecule has 0 saturated carbocycles. The molecule has 0 atom stereocenters. The number of sulfonamides is 1. The van der Waals surface area contributed by atoms with Crippen molar-refractivity contribution >= 4 is 56.3 Å². The lowest BCUT2D eigenvalue weighted by molar-refractivity contribution is 0.0697. The number of rotatable bonds is 6. The van der Waals surface area contributed by atoms with Gasteiger partial charge in [0.2, 0.25) is 0 Å². The molecule has 0 aliphatic heterocycles. The molecule has 1 heterocycles. The van der Waals surface area contributed by atoms with Gasteiger partial charge in [-0.05, 0) is 50.2 Å². The van der Waals surface area contributed by atoms with Crippen LogP contribution in [0.1, 0.15) is 22.2 Å². The van der Waals surface area contributed by atoms with Crippen molar-refractivity contribution in [3.63, 3.8) is 0 Å². The number of halogens is 3. The van der Waals surface area contributed by atoms with Crippen LogP contribution < -0.4 is 4.31 Å². The lowest BCUT2D eigenvalue weighted by atomic mass is 10.2. The van der Waals surface area contributed by atoms with Crippen molar-refractivity contribution in [2.24, 2.45) is 0 Å². The Morgan fingerprint density at radius 2 is 1.90 bits per heavy atom. The molecule has 30 heavy (non-hydrogen) atoms. The first-order valence-corrected chi connectivity index (χ1v) is 11.6. The molecule has 0 spiro atoms. The van der Waals surface area contributed by atoms with Crippen LogP contribution in [0.5, 0.6) is 0 Å². The number of hydrogen-bond donors (Lipinski definition) is 1. The van der Waals surface area contributed by atoms with E-state index in [9.17, 15) is 22.7 Å². The van der Waals surface area contributed by atoms with Gasteiger partial charge in [-0.1, -0.05) is 23.2 Å². The number of carbonyl (C=O) groups is 1. The smallest absolute Gasteiger partial charge is 0.337 e. The van der Waals surface area contributed by atoms with Crippen LogP contribution in [0.15, 0.2) is 41.3 Å². The molecule has 0 radical (unpaired) electrons. The van der Waals surface area contributed by atoms with Crippen LogP contribution in [-0.2, 0) is 10.0 Å². The standard InChI is InChI=1S/C19H15Cl2FN2O4S2/c1-3-24(30(27,28)12-5-6-14(20)13(9-12)19(25)26)17-10(2)29-18(23-17)11-4-7-16(22)15(21)8-11/h4-9H,3H2,1-2H3,(H,25,26). The average Bonchev–Trinajstić information content (AvgIpc) is 3.05. The van der Waals surface area contributed by atoms with Crippen LogP contribution in [0.4, 0.5) is 10.2 Å². The maximum Gasteiger partial charge on any atom is 0.337 e. The number of nitrogens with zero attached hydrogens (tertiary/aromatic N) is 2. The molecule has 3 aromatic rings. The van der Waals surface area contributed by atoms with Gasteiger partial charge in [0, 0.05) is 17.0 Å². The summed E-state index contributed by atoms with van der Waals surface area (Å²) >= 11 is 12.9. The molecule has 0 aliphatic rings. The zero-order valence-corrected chi connectivity index (χ0v) is 18.8. The minimum atomic E-state index is -4.11. The molecular weight excluding hydrogens is 474 g/mol. The summed E-state index contributed by atoms with van der Waals surface area (Å²) in [7, 11) is -4.11. The van der Waals surface area contributed by atoms with Gasteiger partial charge in [0.15, 0.2) is 5.82 Å². The molecule has 0 saturated heterocycles. The zero-order valence-electron chi connectivity index (χ0n) is 15.7. The van der Waals surface area contributed by atoms with Crippen LogP contribution >= 0.6 is 34.5 Å². The maximum absolute atomic E-state index is 13.5. The minimum Gasteiger partial charge on any atom is -0.478 e. The van der Waals surface area contributed by atoms with Gasteiger partial charge in [-0.2, -0.15) is 0 Å². The molecule has 0 bridgehead atoms. The van der Waals surface area contributed by atoms with E-state index in [0.29, 0.717) is 15.4 Å². The van der Waals surface area contributed by atoms with Gasteiger partial charge in [0.25, 0.3) is 10.0 Å². The van der Waals surface area contributed by atoms with E-state index < -0.39 is 21.8 Å². The highest BCUT2D eigenvalue weighted by molar-refractivity contribution is 7.92. The number of aromatic nitrogens is 1. The Labute approximate surface area is 186 Å². The summed E-state index contributed by atoms with van der Waals surface area (Å²) in [5, 5.41) is 9.59. The predicted octanol–water partition coefficient (Wildman–Crippen LogP) is 5.48. The van der Waals surface area contributed by atoms with E-state index in [1.165, 1.54) is 41.7 Å². The van der Waals surface area contributed by atoms with Crippen molar-refractivity contribution in [1.29, 1.82) is 0 Å². The molecule has 0 unspecified atom stereocenters. The van der Waals surface area contributed by atoms with Crippen LogP contribution in [0, 0.1) is 12.7 Å². The van der Waals surface area contributed by atoms with Gasteiger partial charge in [0.1, 0.15) is 10.8 Å². The van der Waals surface area contributed by atoms with Crippen molar-refractivity contribution in [2.45, 2.75) is 18.7 Å². The second-order valence-electron chi connectivity index (χ2n) is 6.14. The topological polar surface area (TPSA) is 87.6 Å². The lowest BCUT2D eigenvalue weighted by Gasteiger charge is -2.21. The van der Waals surface area contributed by atoms with Crippen LogP contribution in [0.2, 0.25) is 10.0 Å². The van der Waals surface area contributed by atoms with Crippen molar-refractivity contribution in [3.8, 4) is 10.6 Å². The SMILES string of the molecule is CCN(c1nc(-c2ccc(F)c(Cl)c2)sc1C)S(=O)(=O)c1ccc(Cl)c(C(=O)O)c1. The summed E-state index contributed by atoms with van der Waals surface area (Å²) in [5.74, 6) is -1.70. The molecule has 158 valence electrons. The second kappa shape index (κ2) is 8.50. The van der Waals surface area contributed by atoms with E-state index in [4.69, 9.17) is 23.2 Å². The van der Waals surface area contributed by atoms with E-state index in [1.807, 2.05) is 0 Å². The third-order valence-corrected chi connectivity index (χ3v) is 7.71. The van der Waals surface area contributed by atoms with E-state index in [-0.39, 0.29) is 32.9 Å². The van der Waals surface area contributed by atoms with E-state index in [1.54, 1.807) is 13.8 Å². The Hall–Kier alpha value is -2.20. The molecule has 1 aromatic heterocycles. The number of aryl methyl sites for hydroxylation is 1. The zero-order chi connectivity index (χ0) is 22.2. The highest BCUT2D eigenvalue weighted by atomic mass is 35.5. The predicted molar refractivity (Wildman–Crippen MR) is 116 cm³/mol. The van der Waals surface area contributed by atoms with Crippen molar-refractivity contribution in [3.05, 3.63) is 62.7 Å². The molecule has 0 aliphatic carbocycles. The molecule has 1 N–H and O–H groups in total. The fraction of sp³-hybridized carbons (Fsp3) is 0.158. The Balaban J connectivity index is 2.08. The fourth-order valence-electron chi connectivity index (χ4n) is 2.76. The molecule has 0 amide bonds. The Morgan fingerprint density at radius 1 is 1.20 bits per heavy atom. The first kappa shape index (κ1) is 22.5. The maximum atomic E-state index is 13.5. The molecular formula is C19H15Cl2FN2O4S2. The molecule has 6 nitrogen and oxygen atoms in total. The Morgan fingerprint density at radius 3 is 2.50 bits per heavy atom. The lowest BCUT2D eigenvalue weighted by Crippen LogP contribution is -2.31. The third-order valence-electron chi connectivity index (χ3n) is 4.22. The number of hydrogen-bond acceptors (Lipinski definition) is 5. The number of aromatic carboxylic acids is 1. The normalized spacial score (nSPS) is 11.5. The summed E-state index contributed by atoms with van der Waals surface area (Å²) in [6.45, 7) is 3.41. The largest absolute Gasteiger partial charge is 0.478 e. The Kier molecular flexibility index (Phi) is 6.37. The molecule has 0 fully saturated rings. The summed E-state index contributed by atoms with van der Waals surface area (Å²) in [6, 6.07) is 7.63. The average molecular weight is 489 g/mol. The first-order valence-electron chi connectivity index (χ1n) is 8.54. The van der Waals surface area contributed by atoms with Crippen LogP contribution in [0.3, 0.4) is 0 Å².